The summed E-state index contributed by atoms with van der Waals surface area (Å²) in [6, 6.07) is 1.25. The Kier molecular flexibility index (Phi) is 3.92. The van der Waals surface area contributed by atoms with Gasteiger partial charge in [0, 0.05) is 10.2 Å². The van der Waals surface area contributed by atoms with Crippen LogP contribution in [0.4, 0.5) is 0 Å². The molecule has 1 unspecified atom stereocenters. The van der Waals surface area contributed by atoms with Gasteiger partial charge in [-0.25, -0.2) is 0 Å². The number of hydrogen-bond acceptors (Lipinski definition) is 1. The van der Waals surface area contributed by atoms with Crippen molar-refractivity contribution in [3.05, 3.63) is 0 Å². The Labute approximate surface area is 72.2 Å². The largest absolute Gasteiger partial charge is 0.293 e. The minimum atomic E-state index is 0.171. The van der Waals surface area contributed by atoms with E-state index in [9.17, 15) is 0 Å². The van der Waals surface area contributed by atoms with Gasteiger partial charge in [0.15, 0.2) is 0 Å². The molecule has 0 aliphatic carbocycles. The SMILES string of the molecule is CN(C)C(Cl)C(C)(C)C[SiH3]. The average molecular weight is 180 g/mol. The Morgan fingerprint density at radius 3 is 2.00 bits per heavy atom. The van der Waals surface area contributed by atoms with Crippen LogP contribution in [0.3, 0.4) is 0 Å². The highest BCUT2D eigenvalue weighted by Gasteiger charge is 2.26. The zero-order valence-corrected chi connectivity index (χ0v) is 10.4. The predicted molar refractivity (Wildman–Crippen MR) is 51.9 cm³/mol. The third-order valence-electron chi connectivity index (χ3n) is 2.01. The van der Waals surface area contributed by atoms with Crippen molar-refractivity contribution in [1.82, 2.24) is 4.90 Å². The first-order valence-electron chi connectivity index (χ1n) is 3.72. The van der Waals surface area contributed by atoms with Crippen LogP contribution in [0.15, 0.2) is 0 Å². The summed E-state index contributed by atoms with van der Waals surface area (Å²) in [4.78, 5) is 2.07. The zero-order valence-electron chi connectivity index (χ0n) is 7.61. The molecule has 0 aromatic rings. The molecule has 0 bridgehead atoms. The minimum Gasteiger partial charge on any atom is -0.293 e. The summed E-state index contributed by atoms with van der Waals surface area (Å²) < 4.78 is 0. The van der Waals surface area contributed by atoms with E-state index in [1.165, 1.54) is 16.3 Å². The molecule has 0 N–H and O–H groups in total. The van der Waals surface area contributed by atoms with Crippen LogP contribution in [0, 0.1) is 5.41 Å². The second-order valence-corrected chi connectivity index (χ2v) is 4.76. The van der Waals surface area contributed by atoms with Crippen molar-refractivity contribution in [3.8, 4) is 0 Å². The van der Waals surface area contributed by atoms with Gasteiger partial charge in [0.25, 0.3) is 0 Å². The topological polar surface area (TPSA) is 3.24 Å². The molecule has 0 rings (SSSR count). The number of hydrogen-bond donors (Lipinski definition) is 0. The molecule has 1 nitrogen and oxygen atoms in total. The standard InChI is InChI=1S/C7H18ClNSi/c1-7(2,5-10)6(8)9(3)4/h6H,5H2,1-4,10H3. The number of alkyl halides is 1. The third-order valence-corrected chi connectivity index (χ3v) is 4.81. The molecule has 10 heavy (non-hydrogen) atoms. The fourth-order valence-electron chi connectivity index (χ4n) is 0.867. The quantitative estimate of drug-likeness (QED) is 0.354. The number of rotatable bonds is 3. The van der Waals surface area contributed by atoms with Gasteiger partial charge in [-0.2, -0.15) is 0 Å². The molecule has 0 spiro atoms. The Morgan fingerprint density at radius 2 is 1.90 bits per heavy atom. The second-order valence-electron chi connectivity index (χ2n) is 3.64. The van der Waals surface area contributed by atoms with E-state index in [0.29, 0.717) is 0 Å². The van der Waals surface area contributed by atoms with Crippen molar-refractivity contribution in [1.29, 1.82) is 0 Å². The Morgan fingerprint density at radius 1 is 1.50 bits per heavy atom. The molecule has 0 saturated heterocycles. The summed E-state index contributed by atoms with van der Waals surface area (Å²) in [7, 11) is 5.28. The van der Waals surface area contributed by atoms with Gasteiger partial charge in [0.2, 0.25) is 0 Å². The normalized spacial score (nSPS) is 16.2. The van der Waals surface area contributed by atoms with Crippen molar-refractivity contribution in [2.24, 2.45) is 5.41 Å². The van der Waals surface area contributed by atoms with Crippen LogP contribution < -0.4 is 0 Å². The summed E-state index contributed by atoms with van der Waals surface area (Å²) in [6.45, 7) is 4.44. The van der Waals surface area contributed by atoms with Gasteiger partial charge >= 0.3 is 0 Å². The third kappa shape index (κ3) is 2.60. The van der Waals surface area contributed by atoms with Crippen molar-refractivity contribution in [2.75, 3.05) is 14.1 Å². The lowest BCUT2D eigenvalue weighted by atomic mass is 9.95. The van der Waals surface area contributed by atoms with Crippen LogP contribution in [-0.2, 0) is 0 Å². The summed E-state index contributed by atoms with van der Waals surface area (Å²) in [5.41, 5.74) is 0.446. The maximum atomic E-state index is 6.16. The number of halogens is 1. The molecule has 0 amide bonds. The molecule has 0 aliphatic heterocycles. The lowest BCUT2D eigenvalue weighted by Crippen LogP contribution is -2.36. The van der Waals surface area contributed by atoms with Gasteiger partial charge in [-0.1, -0.05) is 19.9 Å². The van der Waals surface area contributed by atoms with Crippen molar-refractivity contribution in [3.63, 3.8) is 0 Å². The molecule has 62 valence electrons. The van der Waals surface area contributed by atoms with Gasteiger partial charge in [0.05, 0.1) is 5.50 Å². The van der Waals surface area contributed by atoms with E-state index < -0.39 is 0 Å². The fourth-order valence-corrected chi connectivity index (χ4v) is 1.67. The van der Waals surface area contributed by atoms with Crippen LogP contribution >= 0.6 is 11.6 Å². The van der Waals surface area contributed by atoms with E-state index >= 15 is 0 Å². The molecular weight excluding hydrogens is 162 g/mol. The first-order chi connectivity index (χ1) is 4.41. The van der Waals surface area contributed by atoms with E-state index in [1.54, 1.807) is 0 Å². The molecule has 3 heteroatoms. The molecule has 0 aliphatic rings. The minimum absolute atomic E-state index is 0.171. The van der Waals surface area contributed by atoms with Gasteiger partial charge in [0.1, 0.15) is 0 Å². The summed E-state index contributed by atoms with van der Waals surface area (Å²) >= 11 is 6.16. The molecule has 0 aromatic heterocycles. The van der Waals surface area contributed by atoms with Crippen LogP contribution in [0.2, 0.25) is 6.04 Å². The summed E-state index contributed by atoms with van der Waals surface area (Å²) in [5, 5.41) is 0. The molecule has 0 radical (unpaired) electrons. The summed E-state index contributed by atoms with van der Waals surface area (Å²) in [5.74, 6) is 0. The molecule has 0 fully saturated rings. The molecule has 0 aromatic carbocycles. The van der Waals surface area contributed by atoms with E-state index in [4.69, 9.17) is 11.6 Å². The van der Waals surface area contributed by atoms with Crippen LogP contribution in [0.25, 0.3) is 0 Å². The Balaban J connectivity index is 4.03. The maximum Gasteiger partial charge on any atom is 0.0894 e. The van der Waals surface area contributed by atoms with Crippen LogP contribution in [-0.4, -0.2) is 34.7 Å². The monoisotopic (exact) mass is 179 g/mol. The summed E-state index contributed by atoms with van der Waals surface area (Å²) in [6.07, 6.45) is 0. The fraction of sp³-hybridized carbons (Fsp3) is 1.00. The highest BCUT2D eigenvalue weighted by Crippen LogP contribution is 2.29. The lowest BCUT2D eigenvalue weighted by molar-refractivity contribution is 0.225. The first kappa shape index (κ1) is 10.5. The van der Waals surface area contributed by atoms with Crippen molar-refractivity contribution >= 4 is 21.8 Å². The second kappa shape index (κ2) is 3.74. The Bertz CT molecular complexity index is 104. The average Bonchev–Trinajstić information content (AvgIpc) is 1.86. The van der Waals surface area contributed by atoms with E-state index in [1.807, 2.05) is 14.1 Å². The lowest BCUT2D eigenvalue weighted by Gasteiger charge is -2.33. The zero-order chi connectivity index (χ0) is 8.36. The van der Waals surface area contributed by atoms with Crippen molar-refractivity contribution in [2.45, 2.75) is 25.4 Å². The van der Waals surface area contributed by atoms with E-state index in [2.05, 4.69) is 18.7 Å². The Hall–Kier alpha value is 0.467. The van der Waals surface area contributed by atoms with Crippen LogP contribution in [0.5, 0.6) is 0 Å². The molecule has 0 saturated carbocycles. The highest BCUT2D eigenvalue weighted by atomic mass is 35.5. The van der Waals surface area contributed by atoms with Crippen LogP contribution in [0.1, 0.15) is 13.8 Å². The molecule has 0 heterocycles. The van der Waals surface area contributed by atoms with Gasteiger partial charge in [-0.3, -0.25) is 4.90 Å². The van der Waals surface area contributed by atoms with Gasteiger partial charge < -0.3 is 0 Å². The first-order valence-corrected chi connectivity index (χ1v) is 5.57. The highest BCUT2D eigenvalue weighted by molar-refractivity contribution is 6.21. The molecular formula is C7H18ClNSi. The van der Waals surface area contributed by atoms with E-state index in [0.717, 1.165) is 0 Å². The molecule has 1 atom stereocenters. The van der Waals surface area contributed by atoms with E-state index in [-0.39, 0.29) is 10.9 Å². The number of nitrogens with zero attached hydrogens (tertiary/aromatic N) is 1. The predicted octanol–water partition coefficient (Wildman–Crippen LogP) is 0.923. The van der Waals surface area contributed by atoms with Gasteiger partial charge in [-0.05, 0) is 19.5 Å². The maximum absolute atomic E-state index is 6.16. The smallest absolute Gasteiger partial charge is 0.0894 e. The van der Waals surface area contributed by atoms with Gasteiger partial charge in [-0.15, -0.1) is 11.6 Å². The van der Waals surface area contributed by atoms with Crippen molar-refractivity contribution < 1.29 is 0 Å².